The van der Waals surface area contributed by atoms with Crippen molar-refractivity contribution in [2.45, 2.75) is 6.18 Å². The lowest BCUT2D eigenvalue weighted by molar-refractivity contribution is -0.115. The van der Waals surface area contributed by atoms with E-state index in [1.165, 1.54) is 12.3 Å². The second kappa shape index (κ2) is 4.04. The number of pyridine rings is 1. The van der Waals surface area contributed by atoms with Crippen molar-refractivity contribution in [1.82, 2.24) is 4.98 Å². The maximum absolute atomic E-state index is 11.9. The molecule has 0 saturated heterocycles. The highest BCUT2D eigenvalue weighted by atomic mass is 19.4. The van der Waals surface area contributed by atoms with E-state index in [2.05, 4.69) is 4.98 Å². The van der Waals surface area contributed by atoms with Crippen LogP contribution in [0.1, 0.15) is 5.56 Å². The third-order valence-corrected chi connectivity index (χ3v) is 1.49. The predicted molar refractivity (Wildman–Crippen MR) is 47.9 cm³/mol. The van der Waals surface area contributed by atoms with Crippen LogP contribution in [0.25, 0.3) is 0 Å². The van der Waals surface area contributed by atoms with Crippen LogP contribution in [0.2, 0.25) is 0 Å². The van der Waals surface area contributed by atoms with Crippen LogP contribution in [0.5, 0.6) is 0 Å². The molecule has 0 amide bonds. The smallest absolute Gasteiger partial charge is 0.397 e. The first-order chi connectivity index (χ1) is 6.92. The van der Waals surface area contributed by atoms with Gasteiger partial charge in [-0.3, -0.25) is 0 Å². The van der Waals surface area contributed by atoms with Gasteiger partial charge in [0.15, 0.2) is 0 Å². The maximum atomic E-state index is 11.9. The molecule has 1 aromatic rings. The van der Waals surface area contributed by atoms with Crippen molar-refractivity contribution < 1.29 is 13.2 Å². The Balaban J connectivity index is 2.82. The highest BCUT2D eigenvalue weighted by molar-refractivity contribution is 5.57. The molecule has 0 bridgehead atoms. The van der Waals surface area contributed by atoms with Crippen molar-refractivity contribution >= 4 is 11.5 Å². The average Bonchev–Trinajstić information content (AvgIpc) is 2.14. The van der Waals surface area contributed by atoms with Gasteiger partial charge in [-0.1, -0.05) is 0 Å². The molecule has 3 N–H and O–H groups in total. The van der Waals surface area contributed by atoms with Crippen molar-refractivity contribution in [3.63, 3.8) is 0 Å². The van der Waals surface area contributed by atoms with E-state index < -0.39 is 12.7 Å². The van der Waals surface area contributed by atoms with Gasteiger partial charge in [0, 0.05) is 0 Å². The number of halogens is 3. The van der Waals surface area contributed by atoms with Crippen LogP contribution in [0.4, 0.5) is 24.7 Å². The van der Waals surface area contributed by atoms with Crippen molar-refractivity contribution in [3.8, 4) is 6.07 Å². The fourth-order valence-electron chi connectivity index (χ4n) is 0.891. The van der Waals surface area contributed by atoms with Gasteiger partial charge in [-0.15, -0.1) is 0 Å². The Morgan fingerprint density at radius 3 is 2.73 bits per heavy atom. The third kappa shape index (κ3) is 3.34. The van der Waals surface area contributed by atoms with Gasteiger partial charge >= 0.3 is 6.18 Å². The molecule has 1 aromatic heterocycles. The summed E-state index contributed by atoms with van der Waals surface area (Å²) in [6.07, 6.45) is -3.17. The van der Waals surface area contributed by atoms with Crippen LogP contribution < -0.4 is 11.1 Å². The Hall–Kier alpha value is -1.97. The second-order valence-electron chi connectivity index (χ2n) is 2.75. The van der Waals surface area contributed by atoms with Crippen LogP contribution in [-0.2, 0) is 0 Å². The van der Waals surface area contributed by atoms with Crippen molar-refractivity contribution in [2.75, 3.05) is 17.6 Å². The summed E-state index contributed by atoms with van der Waals surface area (Å²) in [4.78, 5) is 3.59. The van der Waals surface area contributed by atoms with Gasteiger partial charge in [-0.05, 0) is 6.07 Å². The van der Waals surface area contributed by atoms with E-state index >= 15 is 0 Å². The highest BCUT2D eigenvalue weighted by Crippen LogP contribution is 2.18. The number of nitrogens with two attached hydrogens (primary N) is 1. The minimum Gasteiger partial charge on any atom is -0.397 e. The summed E-state index contributed by atoms with van der Waals surface area (Å²) in [6, 6.07) is 2.96. The molecule has 0 aromatic carbocycles. The number of hydrogen-bond acceptors (Lipinski definition) is 4. The molecule has 0 aliphatic heterocycles. The molecule has 80 valence electrons. The first kappa shape index (κ1) is 11.1. The summed E-state index contributed by atoms with van der Waals surface area (Å²) in [6.45, 7) is -1.24. The average molecular weight is 216 g/mol. The number of aromatic nitrogens is 1. The summed E-state index contributed by atoms with van der Waals surface area (Å²) in [5.41, 5.74) is 5.53. The Morgan fingerprint density at radius 1 is 1.53 bits per heavy atom. The standard InChI is InChI=1S/C8H7F3N4/c9-8(10,11)4-15-7-5(2-12)1-6(13)3-14-7/h1,3H,4,13H2,(H,14,15). The molecule has 15 heavy (non-hydrogen) atoms. The number of anilines is 2. The number of alkyl halides is 3. The zero-order valence-corrected chi connectivity index (χ0v) is 7.47. The monoisotopic (exact) mass is 216 g/mol. The summed E-state index contributed by atoms with van der Waals surface area (Å²) in [5.74, 6) is -0.121. The van der Waals surface area contributed by atoms with Gasteiger partial charge in [0.05, 0.1) is 17.4 Å². The predicted octanol–water partition coefficient (Wildman–Crippen LogP) is 1.51. The third-order valence-electron chi connectivity index (χ3n) is 1.49. The number of rotatable bonds is 2. The minimum absolute atomic E-state index is 0.0146. The van der Waals surface area contributed by atoms with Crippen LogP contribution in [0, 0.1) is 11.3 Å². The van der Waals surface area contributed by atoms with E-state index in [9.17, 15) is 13.2 Å². The molecule has 0 spiro atoms. The van der Waals surface area contributed by atoms with Gasteiger partial charge in [0.25, 0.3) is 0 Å². The Labute approximate surface area is 83.5 Å². The van der Waals surface area contributed by atoms with Gasteiger partial charge in [-0.2, -0.15) is 18.4 Å². The SMILES string of the molecule is N#Cc1cc(N)cnc1NCC(F)(F)F. The van der Waals surface area contributed by atoms with Crippen molar-refractivity contribution in [2.24, 2.45) is 0 Å². The lowest BCUT2D eigenvalue weighted by atomic mass is 10.2. The number of nitrogens with one attached hydrogen (secondary N) is 1. The lowest BCUT2D eigenvalue weighted by Gasteiger charge is -2.09. The quantitative estimate of drug-likeness (QED) is 0.785. The first-order valence-electron chi connectivity index (χ1n) is 3.88. The molecule has 7 heteroatoms. The molecule has 0 fully saturated rings. The maximum Gasteiger partial charge on any atom is 0.405 e. The van der Waals surface area contributed by atoms with Crippen LogP contribution in [0.3, 0.4) is 0 Å². The second-order valence-corrected chi connectivity index (χ2v) is 2.75. The van der Waals surface area contributed by atoms with E-state index in [0.29, 0.717) is 0 Å². The van der Waals surface area contributed by atoms with Gasteiger partial charge in [0.2, 0.25) is 0 Å². The zero-order valence-electron chi connectivity index (χ0n) is 7.47. The molecule has 1 heterocycles. The van der Waals surface area contributed by atoms with E-state index in [4.69, 9.17) is 11.0 Å². The van der Waals surface area contributed by atoms with Crippen molar-refractivity contribution in [1.29, 1.82) is 5.26 Å². The molecule has 0 atom stereocenters. The van der Waals surface area contributed by atoms with E-state index in [0.717, 1.165) is 0 Å². The van der Waals surface area contributed by atoms with Gasteiger partial charge in [0.1, 0.15) is 18.4 Å². The molecule has 0 aliphatic rings. The molecule has 0 radical (unpaired) electrons. The fraction of sp³-hybridized carbons (Fsp3) is 0.250. The lowest BCUT2D eigenvalue weighted by Crippen LogP contribution is -2.22. The molecule has 1 rings (SSSR count). The molecule has 4 nitrogen and oxygen atoms in total. The van der Waals surface area contributed by atoms with Crippen LogP contribution in [-0.4, -0.2) is 17.7 Å². The fourth-order valence-corrected chi connectivity index (χ4v) is 0.891. The normalized spacial score (nSPS) is 10.8. The Bertz CT molecular complexity index is 394. The largest absolute Gasteiger partial charge is 0.405 e. The highest BCUT2D eigenvalue weighted by Gasteiger charge is 2.27. The van der Waals surface area contributed by atoms with E-state index in [-0.39, 0.29) is 17.1 Å². The van der Waals surface area contributed by atoms with Crippen LogP contribution >= 0.6 is 0 Å². The molecule has 0 saturated carbocycles. The van der Waals surface area contributed by atoms with Crippen molar-refractivity contribution in [3.05, 3.63) is 17.8 Å². The molecular formula is C8H7F3N4. The Morgan fingerprint density at radius 2 is 2.20 bits per heavy atom. The number of nitrogen functional groups attached to an aromatic ring is 1. The number of nitrogens with zero attached hydrogens (tertiary/aromatic N) is 2. The molecule has 0 unspecified atom stereocenters. The number of hydrogen-bond donors (Lipinski definition) is 2. The summed E-state index contributed by atoms with van der Waals surface area (Å²) in [5, 5.41) is 10.6. The minimum atomic E-state index is -4.35. The van der Waals surface area contributed by atoms with E-state index in [1.54, 1.807) is 6.07 Å². The van der Waals surface area contributed by atoms with Gasteiger partial charge in [-0.25, -0.2) is 4.98 Å². The zero-order chi connectivity index (χ0) is 11.5. The summed E-state index contributed by atoms with van der Waals surface area (Å²) < 4.78 is 35.6. The first-order valence-corrected chi connectivity index (χ1v) is 3.88. The molecular weight excluding hydrogens is 209 g/mol. The Kier molecular flexibility index (Phi) is 2.99. The summed E-state index contributed by atoms with van der Waals surface area (Å²) >= 11 is 0. The molecule has 0 aliphatic carbocycles. The van der Waals surface area contributed by atoms with Gasteiger partial charge < -0.3 is 11.1 Å². The topological polar surface area (TPSA) is 74.7 Å². The van der Waals surface area contributed by atoms with E-state index in [1.807, 2.05) is 5.32 Å². The van der Waals surface area contributed by atoms with Crippen LogP contribution in [0.15, 0.2) is 12.3 Å². The summed E-state index contributed by atoms with van der Waals surface area (Å²) in [7, 11) is 0. The number of nitriles is 1.